The van der Waals surface area contributed by atoms with Crippen molar-refractivity contribution in [2.45, 2.75) is 24.7 Å². The highest BCUT2D eigenvalue weighted by molar-refractivity contribution is 7.88. The number of piperazine rings is 1. The van der Waals surface area contributed by atoms with Crippen LogP contribution < -0.4 is 15.2 Å². The van der Waals surface area contributed by atoms with E-state index >= 15 is 0 Å². The van der Waals surface area contributed by atoms with Crippen LogP contribution in [-0.4, -0.2) is 50.9 Å². The lowest BCUT2D eigenvalue weighted by Crippen LogP contribution is -2.49. The Hall–Kier alpha value is -3.66. The standard InChI is InChI=1S/C30H29FN4O3S/c31-25-11-6-12-26(19-25)35-30(36)29(38-27-17-23-9-4-5-10-24(23)18-27)28(20-32-35)33-13-15-34(16-14-33)39(37)21-22-7-2-1-3-8-22/h1-12,19-20,27H,13-18,21H2/t39-/m1/s1. The van der Waals surface area contributed by atoms with Gasteiger partial charge in [-0.3, -0.25) is 4.79 Å². The molecule has 7 nitrogen and oxygen atoms in total. The molecule has 0 spiro atoms. The molecular formula is C30H29FN4O3S. The lowest BCUT2D eigenvalue weighted by Gasteiger charge is -2.36. The second kappa shape index (κ2) is 11.2. The van der Waals surface area contributed by atoms with Crippen LogP contribution in [0.25, 0.3) is 5.69 Å². The van der Waals surface area contributed by atoms with Gasteiger partial charge in [0, 0.05) is 42.9 Å². The Labute approximate surface area is 229 Å². The Morgan fingerprint density at radius 2 is 1.62 bits per heavy atom. The van der Waals surface area contributed by atoms with E-state index in [0.29, 0.717) is 56.1 Å². The van der Waals surface area contributed by atoms with Gasteiger partial charge < -0.3 is 14.2 Å². The van der Waals surface area contributed by atoms with E-state index in [-0.39, 0.29) is 11.9 Å². The zero-order valence-electron chi connectivity index (χ0n) is 21.4. The van der Waals surface area contributed by atoms with Crippen LogP contribution in [0.5, 0.6) is 5.75 Å². The van der Waals surface area contributed by atoms with Crippen LogP contribution in [0.2, 0.25) is 0 Å². The van der Waals surface area contributed by atoms with Crippen LogP contribution >= 0.6 is 0 Å². The smallest absolute Gasteiger partial charge is 0.316 e. The third-order valence-corrected chi connectivity index (χ3v) is 8.79. The summed E-state index contributed by atoms with van der Waals surface area (Å²) in [7, 11) is 0. The molecule has 0 N–H and O–H groups in total. The molecule has 1 fully saturated rings. The average Bonchev–Trinajstić information content (AvgIpc) is 3.37. The summed E-state index contributed by atoms with van der Waals surface area (Å²) >= 11 is -1.14. The molecule has 200 valence electrons. The summed E-state index contributed by atoms with van der Waals surface area (Å²) in [6, 6.07) is 23.8. The van der Waals surface area contributed by atoms with Crippen molar-refractivity contribution in [3.8, 4) is 11.4 Å². The number of halogens is 1. The van der Waals surface area contributed by atoms with Gasteiger partial charge in [0.2, 0.25) is 5.75 Å². The van der Waals surface area contributed by atoms with E-state index in [1.165, 1.54) is 27.9 Å². The van der Waals surface area contributed by atoms with Crippen LogP contribution in [0.15, 0.2) is 89.9 Å². The maximum atomic E-state index is 14.0. The van der Waals surface area contributed by atoms with Crippen LogP contribution in [0.3, 0.4) is 0 Å². The third kappa shape index (κ3) is 5.56. The number of aromatic nitrogens is 2. The van der Waals surface area contributed by atoms with Crippen molar-refractivity contribution in [1.82, 2.24) is 14.1 Å². The van der Waals surface area contributed by atoms with E-state index < -0.39 is 22.7 Å². The molecule has 9 heteroatoms. The van der Waals surface area contributed by atoms with E-state index in [1.54, 1.807) is 18.3 Å². The number of rotatable bonds is 7. The minimum absolute atomic E-state index is 0.183. The summed E-state index contributed by atoms with van der Waals surface area (Å²) in [5.41, 5.74) is 4.00. The topological polar surface area (TPSA) is 73.7 Å². The number of hydrogen-bond donors (Lipinski definition) is 0. The van der Waals surface area contributed by atoms with Gasteiger partial charge in [0.1, 0.15) is 17.6 Å². The van der Waals surface area contributed by atoms with Crippen molar-refractivity contribution in [2.75, 3.05) is 31.1 Å². The number of hydrogen-bond acceptors (Lipinski definition) is 6. The Balaban J connectivity index is 1.24. The van der Waals surface area contributed by atoms with Crippen LogP contribution in [-0.2, 0) is 30.0 Å². The highest BCUT2D eigenvalue weighted by Crippen LogP contribution is 2.31. The monoisotopic (exact) mass is 544 g/mol. The summed E-state index contributed by atoms with van der Waals surface area (Å²) < 4.78 is 36.6. The number of fused-ring (bicyclic) bond motifs is 1. The van der Waals surface area contributed by atoms with Gasteiger partial charge >= 0.3 is 5.56 Å². The van der Waals surface area contributed by atoms with E-state index in [2.05, 4.69) is 22.1 Å². The van der Waals surface area contributed by atoms with Gasteiger partial charge in [0.25, 0.3) is 0 Å². The second-order valence-corrected chi connectivity index (χ2v) is 11.3. The molecule has 1 saturated heterocycles. The van der Waals surface area contributed by atoms with Gasteiger partial charge in [0.15, 0.2) is 5.75 Å². The van der Waals surface area contributed by atoms with Crippen LogP contribution in [0, 0.1) is 5.82 Å². The van der Waals surface area contributed by atoms with Gasteiger partial charge in [-0.1, -0.05) is 60.7 Å². The molecule has 3 aromatic carbocycles. The fourth-order valence-electron chi connectivity index (χ4n) is 5.27. The molecule has 1 atom stereocenters. The Morgan fingerprint density at radius 3 is 2.31 bits per heavy atom. The molecule has 1 aliphatic carbocycles. The summed E-state index contributed by atoms with van der Waals surface area (Å²) in [6.45, 7) is 2.32. The lowest BCUT2D eigenvalue weighted by atomic mass is 10.1. The first-order chi connectivity index (χ1) is 19.0. The Bertz CT molecular complexity index is 1480. The Kier molecular flexibility index (Phi) is 7.36. The van der Waals surface area contributed by atoms with Gasteiger partial charge in [-0.2, -0.15) is 9.78 Å². The normalized spacial score (nSPS) is 16.7. The SMILES string of the molecule is O=c1c(OC2Cc3ccccc3C2)c(N2CCN([S@+]([O-])Cc3ccccc3)CC2)cnn1-c1cccc(F)c1. The summed E-state index contributed by atoms with van der Waals surface area (Å²) in [5, 5.41) is 4.39. The van der Waals surface area contributed by atoms with Crippen molar-refractivity contribution >= 4 is 17.0 Å². The predicted octanol–water partition coefficient (Wildman–Crippen LogP) is 3.90. The molecule has 0 bridgehead atoms. The largest absolute Gasteiger partial charge is 0.598 e. The van der Waals surface area contributed by atoms with E-state index in [1.807, 2.05) is 46.8 Å². The summed E-state index contributed by atoms with van der Waals surface area (Å²) in [6.07, 6.45) is 2.87. The lowest BCUT2D eigenvalue weighted by molar-refractivity contribution is 0.209. The predicted molar refractivity (Wildman–Crippen MR) is 150 cm³/mol. The second-order valence-electron chi connectivity index (χ2n) is 9.84. The number of nitrogens with zero attached hydrogens (tertiary/aromatic N) is 4. The fourth-order valence-corrected chi connectivity index (χ4v) is 6.50. The molecule has 0 radical (unpaired) electrons. The average molecular weight is 545 g/mol. The van der Waals surface area contributed by atoms with Crippen molar-refractivity contribution in [1.29, 1.82) is 0 Å². The van der Waals surface area contributed by atoms with E-state index in [4.69, 9.17) is 4.74 Å². The molecule has 0 saturated carbocycles. The van der Waals surface area contributed by atoms with Crippen molar-refractivity contribution in [2.24, 2.45) is 0 Å². The fraction of sp³-hybridized carbons (Fsp3) is 0.267. The zero-order chi connectivity index (χ0) is 26.8. The van der Waals surface area contributed by atoms with Gasteiger partial charge in [0.05, 0.1) is 25.0 Å². The summed E-state index contributed by atoms with van der Waals surface area (Å²) in [4.78, 5) is 15.8. The minimum atomic E-state index is -1.14. The molecule has 0 amide bonds. The van der Waals surface area contributed by atoms with Gasteiger partial charge in [-0.05, 0) is 29.3 Å². The van der Waals surface area contributed by atoms with E-state index in [0.717, 1.165) is 5.56 Å². The third-order valence-electron chi connectivity index (χ3n) is 7.27. The molecule has 1 aliphatic heterocycles. The first kappa shape index (κ1) is 25.6. The van der Waals surface area contributed by atoms with Crippen LogP contribution in [0.4, 0.5) is 10.1 Å². The van der Waals surface area contributed by atoms with Crippen molar-refractivity contribution in [3.05, 3.63) is 118 Å². The summed E-state index contributed by atoms with van der Waals surface area (Å²) in [5.74, 6) is 0.243. The Morgan fingerprint density at radius 1 is 0.923 bits per heavy atom. The molecule has 2 heterocycles. The number of benzene rings is 3. The first-order valence-corrected chi connectivity index (χ1v) is 14.4. The van der Waals surface area contributed by atoms with Crippen molar-refractivity contribution < 1.29 is 13.7 Å². The molecule has 4 aromatic rings. The van der Waals surface area contributed by atoms with Crippen molar-refractivity contribution in [3.63, 3.8) is 0 Å². The molecule has 2 aliphatic rings. The minimum Gasteiger partial charge on any atom is -0.598 e. The van der Waals surface area contributed by atoms with Gasteiger partial charge in [-0.25, -0.2) is 4.39 Å². The molecule has 0 unspecified atom stereocenters. The van der Waals surface area contributed by atoms with Crippen LogP contribution in [0.1, 0.15) is 16.7 Å². The molecular weight excluding hydrogens is 515 g/mol. The highest BCUT2D eigenvalue weighted by atomic mass is 32.2. The van der Waals surface area contributed by atoms with E-state index in [9.17, 15) is 13.7 Å². The zero-order valence-corrected chi connectivity index (χ0v) is 22.2. The number of ether oxygens (including phenoxy) is 1. The highest BCUT2D eigenvalue weighted by Gasteiger charge is 2.31. The maximum Gasteiger partial charge on any atom is 0.316 e. The molecule has 1 aromatic heterocycles. The molecule has 39 heavy (non-hydrogen) atoms. The maximum absolute atomic E-state index is 14.0. The number of anilines is 1. The first-order valence-electron chi connectivity index (χ1n) is 13.1. The van der Waals surface area contributed by atoms with Gasteiger partial charge in [-0.15, -0.1) is 4.31 Å². The quantitative estimate of drug-likeness (QED) is 0.329. The molecule has 6 rings (SSSR count).